The van der Waals surface area contributed by atoms with Gasteiger partial charge in [-0.05, 0) is 13.0 Å². The Morgan fingerprint density at radius 1 is 1.23 bits per heavy atom. The number of aryl methyl sites for hydroxylation is 1. The lowest BCUT2D eigenvalue weighted by Crippen LogP contribution is -3.63. The van der Waals surface area contributed by atoms with Gasteiger partial charge < -0.3 is 0 Å². The van der Waals surface area contributed by atoms with Crippen molar-refractivity contribution in [3.63, 3.8) is 0 Å². The van der Waals surface area contributed by atoms with Crippen LogP contribution in [0.25, 0.3) is 0 Å². The first-order valence-corrected chi connectivity index (χ1v) is 6.31. The van der Waals surface area contributed by atoms with E-state index in [4.69, 9.17) is 0 Å². The maximum atomic E-state index is 11.9. The normalized spacial score (nSPS) is 11.7. The van der Waals surface area contributed by atoms with Gasteiger partial charge in [0.25, 0.3) is 0 Å². The van der Waals surface area contributed by atoms with Crippen molar-refractivity contribution in [2.45, 2.75) is 13.1 Å². The highest BCUT2D eigenvalue weighted by atomic mass is 127. The molecule has 0 unspecified atom stereocenters. The molecule has 0 aliphatic carbocycles. The van der Waals surface area contributed by atoms with Gasteiger partial charge in [0.15, 0.2) is 3.57 Å². The highest BCUT2D eigenvalue weighted by Gasteiger charge is 2.36. The molecule has 4 heteroatoms. The van der Waals surface area contributed by atoms with E-state index in [0.29, 0.717) is 0 Å². The third-order valence-electron chi connectivity index (χ3n) is 1.44. The monoisotopic (exact) mass is 301 g/mol. The number of rotatable bonds is 2. The summed E-state index contributed by atoms with van der Waals surface area (Å²) in [6.07, 6.45) is -4.00. The second-order valence-corrected chi connectivity index (χ2v) is 5.32. The summed E-state index contributed by atoms with van der Waals surface area (Å²) in [6.45, 7) is 1.85. The first kappa shape index (κ1) is 10.8. The summed E-state index contributed by atoms with van der Waals surface area (Å²) in [6, 6.07) is 7.27. The summed E-state index contributed by atoms with van der Waals surface area (Å²) in [5.74, 6) is 0. The smallest absolute Gasteiger partial charge is 0.166 e. The fourth-order valence-corrected chi connectivity index (χ4v) is 2.94. The number of hydrogen-bond acceptors (Lipinski definition) is 0. The van der Waals surface area contributed by atoms with E-state index in [2.05, 4.69) is 0 Å². The van der Waals surface area contributed by atoms with Gasteiger partial charge in [0.05, 0.1) is 0 Å². The summed E-state index contributed by atoms with van der Waals surface area (Å²) >= 11 is -0.910. The van der Waals surface area contributed by atoms with Gasteiger partial charge >= 0.3 is 27.4 Å². The van der Waals surface area contributed by atoms with Crippen molar-refractivity contribution in [2.24, 2.45) is 0 Å². The molecule has 0 aliphatic rings. The lowest BCUT2D eigenvalue weighted by molar-refractivity contribution is -0.650. The van der Waals surface area contributed by atoms with Gasteiger partial charge in [-0.15, -0.1) is 0 Å². The van der Waals surface area contributed by atoms with Gasteiger partial charge in [-0.2, -0.15) is 13.2 Å². The Hall–Kier alpha value is -0.260. The molecule has 0 bridgehead atoms. The lowest BCUT2D eigenvalue weighted by atomic mass is 10.2. The van der Waals surface area contributed by atoms with E-state index in [1.54, 1.807) is 12.1 Å². The average Bonchev–Trinajstić information content (AvgIpc) is 2.01. The Morgan fingerprint density at radius 3 is 2.38 bits per heavy atom. The van der Waals surface area contributed by atoms with Gasteiger partial charge in [-0.25, -0.2) is 0 Å². The van der Waals surface area contributed by atoms with Crippen molar-refractivity contribution < 1.29 is 34.4 Å². The highest BCUT2D eigenvalue weighted by molar-refractivity contribution is 5.11. The number of alkyl halides is 4. The Bertz CT molecular complexity index is 280. The van der Waals surface area contributed by atoms with Gasteiger partial charge in [0.2, 0.25) is 4.43 Å². The molecule has 1 aromatic rings. The molecular weight excluding hydrogens is 292 g/mol. The minimum atomic E-state index is -4.00. The van der Waals surface area contributed by atoms with Crippen molar-refractivity contribution >= 4 is 0 Å². The van der Waals surface area contributed by atoms with Crippen LogP contribution in [0, 0.1) is 10.5 Å². The van der Waals surface area contributed by atoms with Gasteiger partial charge in [0, 0.05) is 5.56 Å². The first-order chi connectivity index (χ1) is 5.99. The number of hydrogen-bond donors (Lipinski definition) is 0. The summed E-state index contributed by atoms with van der Waals surface area (Å²) < 4.78 is 36.0. The SMILES string of the molecule is Cc1ccccc1[I+]CC(F)(F)F. The van der Waals surface area contributed by atoms with E-state index in [1.165, 1.54) is 0 Å². The van der Waals surface area contributed by atoms with Crippen LogP contribution in [-0.2, 0) is 0 Å². The molecule has 0 nitrogen and oxygen atoms in total. The minimum absolute atomic E-state index is 0.628. The van der Waals surface area contributed by atoms with Crippen LogP contribution in [0.5, 0.6) is 0 Å². The van der Waals surface area contributed by atoms with E-state index in [0.717, 1.165) is 9.13 Å². The van der Waals surface area contributed by atoms with E-state index in [1.807, 2.05) is 19.1 Å². The molecular formula is C9H9F3I+. The molecule has 0 amide bonds. The van der Waals surface area contributed by atoms with Crippen LogP contribution in [0.2, 0.25) is 0 Å². The molecule has 0 heterocycles. The number of benzene rings is 1. The van der Waals surface area contributed by atoms with E-state index < -0.39 is 31.8 Å². The van der Waals surface area contributed by atoms with Crippen molar-refractivity contribution in [2.75, 3.05) is 4.43 Å². The van der Waals surface area contributed by atoms with Gasteiger partial charge in [0.1, 0.15) is 0 Å². The molecule has 1 aromatic carbocycles. The maximum Gasteiger partial charge on any atom is 0.432 e. The molecule has 0 radical (unpaired) electrons. The number of halogens is 4. The van der Waals surface area contributed by atoms with Gasteiger partial charge in [-0.1, -0.05) is 18.2 Å². The predicted octanol–water partition coefficient (Wildman–Crippen LogP) is -0.184. The Labute approximate surface area is 85.4 Å². The fourth-order valence-electron chi connectivity index (χ4n) is 0.849. The molecule has 0 fully saturated rings. The Kier molecular flexibility index (Phi) is 3.58. The summed E-state index contributed by atoms with van der Waals surface area (Å²) in [4.78, 5) is 0. The van der Waals surface area contributed by atoms with Crippen molar-refractivity contribution in [3.05, 3.63) is 33.4 Å². The first-order valence-electron chi connectivity index (χ1n) is 3.70. The maximum absolute atomic E-state index is 11.9. The molecule has 1 rings (SSSR count). The van der Waals surface area contributed by atoms with Crippen molar-refractivity contribution in [1.29, 1.82) is 0 Å². The van der Waals surface area contributed by atoms with E-state index in [9.17, 15) is 13.2 Å². The predicted molar refractivity (Wildman–Crippen MR) is 40.8 cm³/mol. The molecule has 13 heavy (non-hydrogen) atoms. The van der Waals surface area contributed by atoms with Crippen LogP contribution >= 0.6 is 0 Å². The average molecular weight is 301 g/mol. The van der Waals surface area contributed by atoms with Crippen molar-refractivity contribution in [3.8, 4) is 0 Å². The topological polar surface area (TPSA) is 0 Å². The molecule has 0 aliphatic heterocycles. The molecule has 0 atom stereocenters. The second kappa shape index (κ2) is 4.30. The Morgan fingerprint density at radius 2 is 1.85 bits per heavy atom. The standard InChI is InChI=1S/C9H9F3I/c1-7-4-2-3-5-8(7)13-6-9(10,11)12/h2-5H,6H2,1H3/q+1. The quantitative estimate of drug-likeness (QED) is 0.525. The Balaban J connectivity index is 2.60. The van der Waals surface area contributed by atoms with E-state index >= 15 is 0 Å². The molecule has 0 saturated carbocycles. The molecule has 72 valence electrons. The fraction of sp³-hybridized carbons (Fsp3) is 0.333. The van der Waals surface area contributed by atoms with Crippen molar-refractivity contribution in [1.82, 2.24) is 0 Å². The third-order valence-corrected chi connectivity index (χ3v) is 4.72. The molecule has 0 saturated heterocycles. The van der Waals surface area contributed by atoms with Crippen LogP contribution in [0.4, 0.5) is 13.2 Å². The zero-order valence-electron chi connectivity index (χ0n) is 7.03. The lowest BCUT2D eigenvalue weighted by Gasteiger charge is -1.96. The molecule has 0 aromatic heterocycles. The molecule has 0 N–H and O–H groups in total. The van der Waals surface area contributed by atoms with Crippen LogP contribution < -0.4 is 21.2 Å². The van der Waals surface area contributed by atoms with Crippen LogP contribution in [0.15, 0.2) is 24.3 Å². The van der Waals surface area contributed by atoms with Gasteiger partial charge in [-0.3, -0.25) is 0 Å². The summed E-state index contributed by atoms with van der Waals surface area (Å²) in [5, 5.41) is 0. The zero-order valence-corrected chi connectivity index (χ0v) is 9.19. The highest BCUT2D eigenvalue weighted by Crippen LogP contribution is 2.09. The largest absolute Gasteiger partial charge is 0.432 e. The molecule has 0 spiro atoms. The second-order valence-electron chi connectivity index (χ2n) is 2.63. The third kappa shape index (κ3) is 3.97. The summed E-state index contributed by atoms with van der Waals surface area (Å²) in [5.41, 5.74) is 0.972. The van der Waals surface area contributed by atoms with Crippen LogP contribution in [0.3, 0.4) is 0 Å². The van der Waals surface area contributed by atoms with Crippen LogP contribution in [0.1, 0.15) is 5.56 Å². The zero-order chi connectivity index (χ0) is 9.90. The minimum Gasteiger partial charge on any atom is -0.166 e. The van der Waals surface area contributed by atoms with Crippen LogP contribution in [-0.4, -0.2) is 10.6 Å². The summed E-state index contributed by atoms with van der Waals surface area (Å²) in [7, 11) is 0. The van der Waals surface area contributed by atoms with E-state index in [-0.39, 0.29) is 0 Å².